The van der Waals surface area contributed by atoms with Crippen molar-refractivity contribution in [2.75, 3.05) is 7.11 Å². The Balaban J connectivity index is 1.95. The van der Waals surface area contributed by atoms with Crippen LogP contribution in [0.1, 0.15) is 40.7 Å². The lowest BCUT2D eigenvalue weighted by Crippen LogP contribution is -2.45. The van der Waals surface area contributed by atoms with Gasteiger partial charge in [-0.2, -0.15) is 0 Å². The number of carbonyl (C=O) groups is 3. The van der Waals surface area contributed by atoms with Crippen LogP contribution in [0.3, 0.4) is 0 Å². The summed E-state index contributed by atoms with van der Waals surface area (Å²) in [6.07, 6.45) is 1.37. The Bertz CT molecular complexity index is 730. The lowest BCUT2D eigenvalue weighted by Gasteiger charge is -2.20. The quantitative estimate of drug-likeness (QED) is 0.763. The molecular weight excluding hydrogens is 330 g/mol. The molecule has 2 aromatic rings. The molecule has 0 aliphatic heterocycles. The summed E-state index contributed by atoms with van der Waals surface area (Å²) in [5.74, 6) is -1.55. The molecule has 0 aliphatic carbocycles. The Morgan fingerprint density at radius 2 is 1.92 bits per heavy atom. The van der Waals surface area contributed by atoms with E-state index < -0.39 is 23.9 Å². The molecule has 1 atom stereocenters. The van der Waals surface area contributed by atoms with E-state index in [0.717, 1.165) is 0 Å². The lowest BCUT2D eigenvalue weighted by atomic mass is 10.0. The molecule has 0 unspecified atom stereocenters. The van der Waals surface area contributed by atoms with Gasteiger partial charge in [0.25, 0.3) is 5.91 Å². The van der Waals surface area contributed by atoms with E-state index in [9.17, 15) is 14.4 Å². The van der Waals surface area contributed by atoms with Crippen LogP contribution in [0.25, 0.3) is 0 Å². The van der Waals surface area contributed by atoms with Crippen molar-refractivity contribution in [2.45, 2.75) is 26.5 Å². The molecule has 2 rings (SSSR count). The predicted octanol–water partition coefficient (Wildman–Crippen LogP) is 2.16. The highest BCUT2D eigenvalue weighted by Crippen LogP contribution is 2.12. The van der Waals surface area contributed by atoms with Gasteiger partial charge in [-0.25, -0.2) is 9.59 Å². The number of nitrogens with one attached hydrogen (secondary N) is 1. The van der Waals surface area contributed by atoms with Crippen LogP contribution in [-0.2, 0) is 20.9 Å². The van der Waals surface area contributed by atoms with Gasteiger partial charge in [0.2, 0.25) is 5.76 Å². The largest absolute Gasteiger partial charge is 0.463 e. The average Bonchev–Trinajstić information content (AvgIpc) is 3.27. The molecule has 1 amide bonds. The van der Waals surface area contributed by atoms with Crippen LogP contribution in [0.15, 0.2) is 39.4 Å². The smallest absolute Gasteiger partial charge is 0.373 e. The number of hydrogen-bond acceptors (Lipinski definition) is 7. The molecule has 2 heterocycles. The van der Waals surface area contributed by atoms with E-state index in [1.165, 1.54) is 31.6 Å². The molecule has 0 saturated carbocycles. The van der Waals surface area contributed by atoms with Gasteiger partial charge >= 0.3 is 11.9 Å². The number of esters is 2. The highest BCUT2D eigenvalue weighted by atomic mass is 16.6. The molecule has 0 saturated heterocycles. The van der Waals surface area contributed by atoms with Crippen molar-refractivity contribution in [2.24, 2.45) is 5.92 Å². The molecular formula is C17H19NO7. The summed E-state index contributed by atoms with van der Waals surface area (Å²) in [4.78, 5) is 35.6. The molecule has 25 heavy (non-hydrogen) atoms. The Labute approximate surface area is 144 Å². The van der Waals surface area contributed by atoms with Crippen molar-refractivity contribution in [3.8, 4) is 0 Å². The summed E-state index contributed by atoms with van der Waals surface area (Å²) in [6, 6.07) is 5.15. The van der Waals surface area contributed by atoms with Crippen LogP contribution in [0, 0.1) is 5.92 Å². The van der Waals surface area contributed by atoms with Crippen molar-refractivity contribution in [1.82, 2.24) is 5.32 Å². The summed E-state index contributed by atoms with van der Waals surface area (Å²) < 4.78 is 19.9. The highest BCUT2D eigenvalue weighted by Gasteiger charge is 2.27. The standard InChI is InChI=1S/C17H19NO7/c1-10(2)14(18-15(19)12-5-4-8-23-12)17(21)24-9-11-6-7-13(25-11)16(20)22-3/h4-8,10,14H,9H2,1-3H3,(H,18,19)/t14-/m0/s1. The van der Waals surface area contributed by atoms with Crippen LogP contribution >= 0.6 is 0 Å². The molecule has 0 bridgehead atoms. The fourth-order valence-electron chi connectivity index (χ4n) is 2.02. The van der Waals surface area contributed by atoms with E-state index in [1.807, 2.05) is 0 Å². The SMILES string of the molecule is COC(=O)c1ccc(COC(=O)[C@@H](NC(=O)c2ccco2)C(C)C)o1. The number of rotatable bonds is 7. The second-order valence-corrected chi connectivity index (χ2v) is 5.54. The second-order valence-electron chi connectivity index (χ2n) is 5.54. The van der Waals surface area contributed by atoms with Gasteiger partial charge in [0.1, 0.15) is 18.4 Å². The maximum Gasteiger partial charge on any atom is 0.373 e. The third-order valence-electron chi connectivity index (χ3n) is 3.36. The Morgan fingerprint density at radius 1 is 1.16 bits per heavy atom. The van der Waals surface area contributed by atoms with Crippen LogP contribution in [0.4, 0.5) is 0 Å². The highest BCUT2D eigenvalue weighted by molar-refractivity contribution is 5.94. The molecule has 0 spiro atoms. The molecule has 0 fully saturated rings. The number of ether oxygens (including phenoxy) is 2. The summed E-state index contributed by atoms with van der Waals surface area (Å²) in [6.45, 7) is 3.38. The first-order valence-electron chi connectivity index (χ1n) is 7.60. The first kappa shape index (κ1) is 18.3. The van der Waals surface area contributed by atoms with Gasteiger partial charge in [0, 0.05) is 0 Å². The average molecular weight is 349 g/mol. The molecule has 8 nitrogen and oxygen atoms in total. The van der Waals surface area contributed by atoms with Gasteiger partial charge in [0.05, 0.1) is 13.4 Å². The van der Waals surface area contributed by atoms with E-state index in [2.05, 4.69) is 10.1 Å². The minimum atomic E-state index is -0.854. The Kier molecular flexibility index (Phi) is 5.99. The maximum absolute atomic E-state index is 12.3. The Hall–Kier alpha value is -3.03. The fraction of sp³-hybridized carbons (Fsp3) is 0.353. The van der Waals surface area contributed by atoms with Gasteiger partial charge in [-0.05, 0) is 30.2 Å². The molecule has 1 N–H and O–H groups in total. The molecule has 0 radical (unpaired) electrons. The van der Waals surface area contributed by atoms with Gasteiger partial charge < -0.3 is 23.6 Å². The van der Waals surface area contributed by atoms with Crippen LogP contribution < -0.4 is 5.32 Å². The fourth-order valence-corrected chi connectivity index (χ4v) is 2.02. The van der Waals surface area contributed by atoms with Gasteiger partial charge in [-0.1, -0.05) is 13.8 Å². The van der Waals surface area contributed by atoms with E-state index in [0.29, 0.717) is 0 Å². The summed E-state index contributed by atoms with van der Waals surface area (Å²) in [5, 5.41) is 2.58. The zero-order valence-corrected chi connectivity index (χ0v) is 14.1. The normalized spacial score (nSPS) is 11.8. The van der Waals surface area contributed by atoms with Gasteiger partial charge in [0.15, 0.2) is 5.76 Å². The zero-order chi connectivity index (χ0) is 18.4. The summed E-state index contributed by atoms with van der Waals surface area (Å²) >= 11 is 0. The number of hydrogen-bond donors (Lipinski definition) is 1. The zero-order valence-electron chi connectivity index (χ0n) is 14.1. The minimum absolute atomic E-state index is 0.0140. The second kappa shape index (κ2) is 8.18. The molecule has 8 heteroatoms. The van der Waals surface area contributed by atoms with E-state index >= 15 is 0 Å². The number of amides is 1. The van der Waals surface area contributed by atoms with Crippen molar-refractivity contribution in [3.63, 3.8) is 0 Å². The van der Waals surface area contributed by atoms with Crippen molar-refractivity contribution in [1.29, 1.82) is 0 Å². The van der Waals surface area contributed by atoms with E-state index in [1.54, 1.807) is 19.9 Å². The monoisotopic (exact) mass is 349 g/mol. The topological polar surface area (TPSA) is 108 Å². The predicted molar refractivity (Wildman–Crippen MR) is 84.6 cm³/mol. The molecule has 0 aliphatic rings. The number of carbonyl (C=O) groups excluding carboxylic acids is 3. The van der Waals surface area contributed by atoms with Crippen LogP contribution in [0.2, 0.25) is 0 Å². The first-order chi connectivity index (χ1) is 11.9. The lowest BCUT2D eigenvalue weighted by molar-refractivity contribution is -0.149. The molecule has 0 aromatic carbocycles. The van der Waals surface area contributed by atoms with Crippen molar-refractivity contribution >= 4 is 17.8 Å². The number of methoxy groups -OCH3 is 1. The third-order valence-corrected chi connectivity index (χ3v) is 3.36. The number of furan rings is 2. The summed E-state index contributed by atoms with van der Waals surface area (Å²) in [7, 11) is 1.24. The van der Waals surface area contributed by atoms with Gasteiger partial charge in [-0.15, -0.1) is 0 Å². The van der Waals surface area contributed by atoms with Gasteiger partial charge in [-0.3, -0.25) is 4.79 Å². The van der Waals surface area contributed by atoms with Crippen molar-refractivity contribution < 1.29 is 32.7 Å². The van der Waals surface area contributed by atoms with Crippen molar-refractivity contribution in [3.05, 3.63) is 47.8 Å². The maximum atomic E-state index is 12.3. The minimum Gasteiger partial charge on any atom is -0.463 e. The van der Waals surface area contributed by atoms with Crippen LogP contribution in [-0.4, -0.2) is 31.0 Å². The first-order valence-corrected chi connectivity index (χ1v) is 7.60. The van der Waals surface area contributed by atoms with E-state index in [-0.39, 0.29) is 29.8 Å². The molecule has 2 aromatic heterocycles. The van der Waals surface area contributed by atoms with Crippen LogP contribution in [0.5, 0.6) is 0 Å². The van der Waals surface area contributed by atoms with E-state index in [4.69, 9.17) is 13.6 Å². The summed E-state index contributed by atoms with van der Waals surface area (Å²) in [5.41, 5.74) is 0. The Morgan fingerprint density at radius 3 is 2.52 bits per heavy atom. The molecule has 134 valence electrons. The third kappa shape index (κ3) is 4.72.